The standard InChI is InChI=1S/C11H20N2OS2/c1-8-6-11(7-8,9(12)15)10(14)13(2)4-5-16-3/h8H,4-7H2,1-3H3,(H2,12,15). The van der Waals surface area contributed by atoms with Gasteiger partial charge < -0.3 is 10.6 Å². The van der Waals surface area contributed by atoms with Crippen molar-refractivity contribution >= 4 is 34.9 Å². The van der Waals surface area contributed by atoms with Crippen molar-refractivity contribution in [2.24, 2.45) is 17.1 Å². The monoisotopic (exact) mass is 260 g/mol. The Morgan fingerprint density at radius 1 is 1.62 bits per heavy atom. The first-order valence-corrected chi connectivity index (χ1v) is 7.28. The minimum Gasteiger partial charge on any atom is -0.392 e. The van der Waals surface area contributed by atoms with E-state index in [4.69, 9.17) is 18.0 Å². The molecule has 92 valence electrons. The first-order chi connectivity index (χ1) is 7.44. The molecule has 0 bridgehead atoms. The van der Waals surface area contributed by atoms with E-state index >= 15 is 0 Å². The fourth-order valence-electron chi connectivity index (χ4n) is 2.31. The Hall–Kier alpha value is -0.290. The predicted octanol–water partition coefficient (Wildman–Crippen LogP) is 1.51. The molecule has 1 saturated carbocycles. The Balaban J connectivity index is 2.66. The third-order valence-electron chi connectivity index (χ3n) is 3.25. The molecule has 0 heterocycles. The third kappa shape index (κ3) is 2.51. The lowest BCUT2D eigenvalue weighted by Crippen LogP contribution is -2.56. The fourth-order valence-corrected chi connectivity index (χ4v) is 3.02. The molecule has 3 nitrogen and oxygen atoms in total. The van der Waals surface area contributed by atoms with Gasteiger partial charge in [-0.25, -0.2) is 0 Å². The summed E-state index contributed by atoms with van der Waals surface area (Å²) >= 11 is 6.80. The molecule has 0 aromatic rings. The van der Waals surface area contributed by atoms with Gasteiger partial charge in [-0.15, -0.1) is 0 Å². The molecule has 1 amide bonds. The van der Waals surface area contributed by atoms with E-state index in [2.05, 4.69) is 6.92 Å². The van der Waals surface area contributed by atoms with E-state index in [1.165, 1.54) is 0 Å². The highest BCUT2D eigenvalue weighted by atomic mass is 32.2. The van der Waals surface area contributed by atoms with E-state index in [-0.39, 0.29) is 5.91 Å². The minimum absolute atomic E-state index is 0.104. The molecule has 0 atom stereocenters. The first-order valence-electron chi connectivity index (χ1n) is 5.48. The molecule has 0 radical (unpaired) electrons. The second kappa shape index (κ2) is 5.36. The lowest BCUT2D eigenvalue weighted by Gasteiger charge is -2.46. The number of thiocarbonyl (C=S) groups is 1. The van der Waals surface area contributed by atoms with Crippen LogP contribution >= 0.6 is 24.0 Å². The van der Waals surface area contributed by atoms with Crippen LogP contribution in [0.1, 0.15) is 19.8 Å². The molecule has 0 aromatic heterocycles. The van der Waals surface area contributed by atoms with Crippen molar-refractivity contribution in [2.75, 3.05) is 25.6 Å². The Labute approximate surface area is 107 Å². The molecular weight excluding hydrogens is 240 g/mol. The van der Waals surface area contributed by atoms with Gasteiger partial charge in [-0.3, -0.25) is 4.79 Å². The van der Waals surface area contributed by atoms with Crippen LogP contribution in [-0.4, -0.2) is 41.4 Å². The van der Waals surface area contributed by atoms with Crippen LogP contribution in [0, 0.1) is 11.3 Å². The maximum atomic E-state index is 12.3. The molecule has 1 fully saturated rings. The molecule has 16 heavy (non-hydrogen) atoms. The number of thioether (sulfide) groups is 1. The zero-order valence-corrected chi connectivity index (χ0v) is 11.8. The van der Waals surface area contributed by atoms with Crippen LogP contribution in [0.4, 0.5) is 0 Å². The SMILES string of the molecule is CSCCN(C)C(=O)C1(C(N)=S)CC(C)C1. The lowest BCUT2D eigenvalue weighted by atomic mass is 9.61. The summed E-state index contributed by atoms with van der Waals surface area (Å²) in [6.45, 7) is 2.89. The van der Waals surface area contributed by atoms with Crippen molar-refractivity contribution in [3.8, 4) is 0 Å². The zero-order chi connectivity index (χ0) is 12.3. The summed E-state index contributed by atoms with van der Waals surface area (Å²) in [7, 11) is 1.83. The number of carbonyl (C=O) groups excluding carboxylic acids is 1. The van der Waals surface area contributed by atoms with Gasteiger partial charge in [-0.1, -0.05) is 19.1 Å². The molecule has 0 spiro atoms. The highest BCUT2D eigenvalue weighted by Crippen LogP contribution is 2.46. The van der Waals surface area contributed by atoms with Gasteiger partial charge in [0.2, 0.25) is 5.91 Å². The smallest absolute Gasteiger partial charge is 0.235 e. The highest BCUT2D eigenvalue weighted by molar-refractivity contribution is 7.98. The first kappa shape index (κ1) is 13.8. The van der Waals surface area contributed by atoms with Gasteiger partial charge in [-0.05, 0) is 25.0 Å². The van der Waals surface area contributed by atoms with Crippen molar-refractivity contribution in [1.82, 2.24) is 4.90 Å². The number of rotatable bonds is 5. The molecule has 1 aliphatic carbocycles. The number of nitrogens with zero attached hydrogens (tertiary/aromatic N) is 1. The van der Waals surface area contributed by atoms with Crippen LogP contribution in [0.5, 0.6) is 0 Å². The molecule has 1 rings (SSSR count). The molecule has 0 aromatic carbocycles. The second-order valence-corrected chi connectivity index (χ2v) is 6.10. The quantitative estimate of drug-likeness (QED) is 0.761. The summed E-state index contributed by atoms with van der Waals surface area (Å²) in [5.74, 6) is 1.61. The number of hydrogen-bond donors (Lipinski definition) is 1. The largest absolute Gasteiger partial charge is 0.392 e. The van der Waals surface area contributed by atoms with E-state index in [1.54, 1.807) is 16.7 Å². The van der Waals surface area contributed by atoms with E-state index < -0.39 is 5.41 Å². The number of hydrogen-bond acceptors (Lipinski definition) is 3. The maximum Gasteiger partial charge on any atom is 0.235 e. The van der Waals surface area contributed by atoms with Crippen molar-refractivity contribution in [1.29, 1.82) is 0 Å². The summed E-state index contributed by atoms with van der Waals surface area (Å²) < 4.78 is 0. The molecule has 0 saturated heterocycles. The van der Waals surface area contributed by atoms with Gasteiger partial charge >= 0.3 is 0 Å². The lowest BCUT2D eigenvalue weighted by molar-refractivity contribution is -0.142. The van der Waals surface area contributed by atoms with Crippen molar-refractivity contribution < 1.29 is 4.79 Å². The number of amides is 1. The normalized spacial score (nSPS) is 28.3. The van der Waals surface area contributed by atoms with Crippen LogP contribution in [-0.2, 0) is 4.79 Å². The van der Waals surface area contributed by atoms with E-state index in [0.29, 0.717) is 10.9 Å². The van der Waals surface area contributed by atoms with E-state index in [9.17, 15) is 4.79 Å². The molecule has 2 N–H and O–H groups in total. The topological polar surface area (TPSA) is 46.3 Å². The Bertz CT molecular complexity index is 288. The average molecular weight is 260 g/mol. The minimum atomic E-state index is -0.540. The second-order valence-electron chi connectivity index (χ2n) is 4.68. The Kier molecular flexibility index (Phi) is 4.62. The van der Waals surface area contributed by atoms with Gasteiger partial charge in [-0.2, -0.15) is 11.8 Å². The molecule has 5 heteroatoms. The maximum absolute atomic E-state index is 12.3. The van der Waals surface area contributed by atoms with Crippen LogP contribution < -0.4 is 5.73 Å². The number of nitrogens with two attached hydrogens (primary N) is 1. The van der Waals surface area contributed by atoms with Crippen LogP contribution in [0.2, 0.25) is 0 Å². The summed E-state index contributed by atoms with van der Waals surface area (Å²) in [6.07, 6.45) is 3.66. The Morgan fingerprint density at radius 3 is 2.56 bits per heavy atom. The van der Waals surface area contributed by atoms with Gasteiger partial charge in [0.1, 0.15) is 0 Å². The van der Waals surface area contributed by atoms with E-state index in [0.717, 1.165) is 25.1 Å². The summed E-state index contributed by atoms with van der Waals surface area (Å²) in [4.78, 5) is 14.4. The van der Waals surface area contributed by atoms with Gasteiger partial charge in [0.25, 0.3) is 0 Å². The van der Waals surface area contributed by atoms with Crippen molar-refractivity contribution in [3.63, 3.8) is 0 Å². The fraction of sp³-hybridized carbons (Fsp3) is 0.818. The molecular formula is C11H20N2OS2. The van der Waals surface area contributed by atoms with Crippen molar-refractivity contribution in [3.05, 3.63) is 0 Å². The number of carbonyl (C=O) groups is 1. The van der Waals surface area contributed by atoms with Crippen LogP contribution in [0.15, 0.2) is 0 Å². The zero-order valence-electron chi connectivity index (χ0n) is 10.2. The molecule has 1 aliphatic rings. The van der Waals surface area contributed by atoms with Crippen molar-refractivity contribution in [2.45, 2.75) is 19.8 Å². The third-order valence-corrected chi connectivity index (χ3v) is 4.23. The summed E-state index contributed by atoms with van der Waals surface area (Å²) in [5, 5.41) is 0. The van der Waals surface area contributed by atoms with Crippen LogP contribution in [0.25, 0.3) is 0 Å². The predicted molar refractivity (Wildman–Crippen MR) is 73.6 cm³/mol. The van der Waals surface area contributed by atoms with E-state index in [1.807, 2.05) is 13.3 Å². The highest BCUT2D eigenvalue weighted by Gasteiger charge is 2.51. The summed E-state index contributed by atoms with van der Waals surface area (Å²) in [5.41, 5.74) is 5.20. The van der Waals surface area contributed by atoms with Gasteiger partial charge in [0.05, 0.1) is 10.4 Å². The Morgan fingerprint density at radius 2 is 2.19 bits per heavy atom. The molecule has 0 unspecified atom stereocenters. The average Bonchev–Trinajstić information content (AvgIpc) is 2.19. The van der Waals surface area contributed by atoms with Gasteiger partial charge in [0.15, 0.2) is 0 Å². The van der Waals surface area contributed by atoms with Gasteiger partial charge in [0, 0.05) is 19.3 Å². The van der Waals surface area contributed by atoms with Crippen LogP contribution in [0.3, 0.4) is 0 Å². The summed E-state index contributed by atoms with van der Waals surface area (Å²) in [6, 6.07) is 0. The molecule has 0 aliphatic heterocycles.